The molecule has 1 saturated heterocycles. The van der Waals surface area contributed by atoms with E-state index in [0.29, 0.717) is 11.5 Å². The molecule has 146 valence electrons. The quantitative estimate of drug-likeness (QED) is 0.402. The lowest BCUT2D eigenvalue weighted by atomic mass is 10.1. The topological polar surface area (TPSA) is 147 Å². The number of hydrogen-bond acceptors (Lipinski definition) is 7. The molecule has 1 aliphatic carbocycles. The number of ether oxygens (including phenoxy) is 2. The number of nitrogens with one attached hydrogen (secondary N) is 1. The van der Waals surface area contributed by atoms with Crippen LogP contribution in [0.25, 0.3) is 11.0 Å². The van der Waals surface area contributed by atoms with E-state index in [2.05, 4.69) is 37.3 Å². The normalized spacial score (nSPS) is 27.1. The summed E-state index contributed by atoms with van der Waals surface area (Å²) < 4.78 is 39.9. The SMILES string of the molecule is CC1(C)OC2C(CNS(N)(=O)=O)=CC(n3cc(I)c4c(N)ncnc43)C2O1. The van der Waals surface area contributed by atoms with Crippen LogP contribution >= 0.6 is 22.6 Å². The van der Waals surface area contributed by atoms with Crippen molar-refractivity contribution in [3.8, 4) is 0 Å². The number of fused-ring (bicyclic) bond motifs is 2. The highest BCUT2D eigenvalue weighted by atomic mass is 127. The summed E-state index contributed by atoms with van der Waals surface area (Å²) in [5.41, 5.74) is 7.45. The first kappa shape index (κ1) is 19.0. The smallest absolute Gasteiger partial charge is 0.274 e. The van der Waals surface area contributed by atoms with Gasteiger partial charge in [0.1, 0.15) is 30.0 Å². The highest BCUT2D eigenvalue weighted by Crippen LogP contribution is 2.44. The molecule has 2 aliphatic rings. The maximum absolute atomic E-state index is 11.3. The van der Waals surface area contributed by atoms with Crippen molar-refractivity contribution in [2.45, 2.75) is 37.9 Å². The Balaban J connectivity index is 1.78. The Morgan fingerprint density at radius 2 is 2.11 bits per heavy atom. The summed E-state index contributed by atoms with van der Waals surface area (Å²) in [7, 11) is -3.82. The van der Waals surface area contributed by atoms with Crippen LogP contribution in [0.15, 0.2) is 24.2 Å². The summed E-state index contributed by atoms with van der Waals surface area (Å²) in [5.74, 6) is -0.388. The number of nitrogens with zero attached hydrogens (tertiary/aromatic N) is 3. The third kappa shape index (κ3) is 3.45. The summed E-state index contributed by atoms with van der Waals surface area (Å²) >= 11 is 2.19. The van der Waals surface area contributed by atoms with Gasteiger partial charge in [-0.05, 0) is 42.0 Å². The first-order valence-electron chi connectivity index (χ1n) is 8.16. The van der Waals surface area contributed by atoms with Gasteiger partial charge in [0, 0.05) is 16.3 Å². The van der Waals surface area contributed by atoms with E-state index in [4.69, 9.17) is 20.3 Å². The van der Waals surface area contributed by atoms with Gasteiger partial charge in [0.05, 0.1) is 11.4 Å². The average Bonchev–Trinajstić information content (AvgIpc) is 3.14. The van der Waals surface area contributed by atoms with Gasteiger partial charge >= 0.3 is 0 Å². The van der Waals surface area contributed by atoms with E-state index in [1.54, 1.807) is 0 Å². The fourth-order valence-corrected chi connectivity index (χ4v) is 4.79. The molecule has 0 radical (unpaired) electrons. The zero-order valence-corrected chi connectivity index (χ0v) is 17.6. The maximum Gasteiger partial charge on any atom is 0.274 e. The molecule has 4 rings (SSSR count). The molecule has 5 N–H and O–H groups in total. The van der Waals surface area contributed by atoms with Crippen LogP contribution in [-0.2, 0) is 19.7 Å². The molecule has 12 heteroatoms. The van der Waals surface area contributed by atoms with Crippen molar-refractivity contribution in [3.05, 3.63) is 27.7 Å². The molecule has 3 heterocycles. The monoisotopic (exact) mass is 506 g/mol. The van der Waals surface area contributed by atoms with Crippen molar-refractivity contribution in [1.29, 1.82) is 0 Å². The fourth-order valence-electron chi connectivity index (χ4n) is 3.61. The molecular formula is C15H19IN6O4S. The van der Waals surface area contributed by atoms with E-state index >= 15 is 0 Å². The number of hydrogen-bond donors (Lipinski definition) is 3. The van der Waals surface area contributed by atoms with Gasteiger partial charge in [-0.15, -0.1) is 0 Å². The number of nitrogen functional groups attached to an aromatic ring is 1. The molecule has 2 aromatic heterocycles. The van der Waals surface area contributed by atoms with Crippen molar-refractivity contribution < 1.29 is 17.9 Å². The Hall–Kier alpha value is -1.32. The second-order valence-corrected chi connectivity index (χ2v) is 9.50. The molecule has 0 spiro atoms. The minimum Gasteiger partial charge on any atom is -0.383 e. The van der Waals surface area contributed by atoms with Crippen LogP contribution in [0.5, 0.6) is 0 Å². The van der Waals surface area contributed by atoms with Gasteiger partial charge in [-0.3, -0.25) is 0 Å². The lowest BCUT2D eigenvalue weighted by Crippen LogP contribution is -2.35. The molecule has 0 bridgehead atoms. The highest BCUT2D eigenvalue weighted by Gasteiger charge is 2.50. The lowest BCUT2D eigenvalue weighted by Gasteiger charge is -2.22. The maximum atomic E-state index is 11.3. The molecule has 2 aromatic rings. The highest BCUT2D eigenvalue weighted by molar-refractivity contribution is 14.1. The van der Waals surface area contributed by atoms with Crippen molar-refractivity contribution in [2.75, 3.05) is 12.3 Å². The van der Waals surface area contributed by atoms with Crippen molar-refractivity contribution in [2.24, 2.45) is 5.14 Å². The predicted octanol–water partition coefficient (Wildman–Crippen LogP) is 0.412. The number of halogens is 1. The summed E-state index contributed by atoms with van der Waals surface area (Å²) in [6.45, 7) is 3.69. The largest absolute Gasteiger partial charge is 0.383 e. The van der Waals surface area contributed by atoms with Gasteiger partial charge in [0.2, 0.25) is 0 Å². The number of anilines is 1. The summed E-state index contributed by atoms with van der Waals surface area (Å²) in [5, 5.41) is 5.84. The van der Waals surface area contributed by atoms with E-state index in [0.717, 1.165) is 14.5 Å². The molecule has 0 amide bonds. The Labute approximate surface area is 169 Å². The van der Waals surface area contributed by atoms with Crippen LogP contribution in [0.4, 0.5) is 5.82 Å². The van der Waals surface area contributed by atoms with Crippen molar-refractivity contribution in [3.63, 3.8) is 0 Å². The Bertz CT molecular complexity index is 1050. The van der Waals surface area contributed by atoms with Crippen LogP contribution in [-0.4, -0.2) is 47.5 Å². The fraction of sp³-hybridized carbons (Fsp3) is 0.467. The third-order valence-electron chi connectivity index (χ3n) is 4.61. The minimum absolute atomic E-state index is 0.0450. The van der Waals surface area contributed by atoms with Gasteiger partial charge in [-0.25, -0.2) is 15.1 Å². The van der Waals surface area contributed by atoms with Crippen LogP contribution in [0.1, 0.15) is 19.9 Å². The van der Waals surface area contributed by atoms with Gasteiger partial charge in [0.25, 0.3) is 10.2 Å². The summed E-state index contributed by atoms with van der Waals surface area (Å²) in [6.07, 6.45) is 4.55. The van der Waals surface area contributed by atoms with E-state index in [1.807, 2.05) is 30.7 Å². The summed E-state index contributed by atoms with van der Waals surface area (Å²) in [6, 6.07) is -0.241. The lowest BCUT2D eigenvalue weighted by molar-refractivity contribution is -0.147. The predicted molar refractivity (Wildman–Crippen MR) is 107 cm³/mol. The molecule has 1 fully saturated rings. The second kappa shape index (κ2) is 6.35. The van der Waals surface area contributed by atoms with E-state index in [9.17, 15) is 8.42 Å². The molecule has 0 saturated carbocycles. The standard InChI is InChI=1S/C15H19IN6O4S/c1-15(2)25-11-7(4-21-27(18,23)24)3-9(12(11)26-15)22-5-8(16)10-13(17)19-6-20-14(10)22/h3,5-6,9,11-12,21H,4H2,1-2H3,(H2,17,19,20)(H2,18,23,24). The summed E-state index contributed by atoms with van der Waals surface area (Å²) in [4.78, 5) is 8.43. The van der Waals surface area contributed by atoms with Gasteiger partial charge in [0.15, 0.2) is 5.79 Å². The van der Waals surface area contributed by atoms with Crippen LogP contribution in [0, 0.1) is 3.57 Å². The first-order valence-corrected chi connectivity index (χ1v) is 10.8. The van der Waals surface area contributed by atoms with Gasteiger partial charge < -0.3 is 19.8 Å². The zero-order valence-electron chi connectivity index (χ0n) is 14.6. The minimum atomic E-state index is -3.82. The molecule has 3 atom stereocenters. The van der Waals surface area contributed by atoms with Gasteiger partial charge in [-0.1, -0.05) is 6.08 Å². The Morgan fingerprint density at radius 1 is 1.37 bits per heavy atom. The molecule has 10 nitrogen and oxygen atoms in total. The van der Waals surface area contributed by atoms with E-state index in [1.165, 1.54) is 6.33 Å². The molecule has 0 aromatic carbocycles. The molecule has 1 aliphatic heterocycles. The molecule has 3 unspecified atom stereocenters. The van der Waals surface area contributed by atoms with Crippen LogP contribution in [0.2, 0.25) is 0 Å². The van der Waals surface area contributed by atoms with E-state index < -0.39 is 22.1 Å². The number of nitrogens with two attached hydrogens (primary N) is 2. The Kier molecular flexibility index (Phi) is 4.47. The second-order valence-electron chi connectivity index (χ2n) is 6.96. The average molecular weight is 506 g/mol. The van der Waals surface area contributed by atoms with Crippen LogP contribution in [0.3, 0.4) is 0 Å². The first-order chi connectivity index (χ1) is 12.6. The zero-order chi connectivity index (χ0) is 19.6. The van der Waals surface area contributed by atoms with Gasteiger partial charge in [-0.2, -0.15) is 13.1 Å². The molecular weight excluding hydrogens is 487 g/mol. The van der Waals surface area contributed by atoms with Crippen LogP contribution < -0.4 is 15.6 Å². The number of rotatable bonds is 4. The molecule has 27 heavy (non-hydrogen) atoms. The van der Waals surface area contributed by atoms with Crippen molar-refractivity contribution in [1.82, 2.24) is 19.3 Å². The van der Waals surface area contributed by atoms with Crippen molar-refractivity contribution >= 4 is 49.7 Å². The third-order valence-corrected chi connectivity index (χ3v) is 5.97. The Morgan fingerprint density at radius 3 is 2.81 bits per heavy atom. The van der Waals surface area contributed by atoms with E-state index in [-0.39, 0.29) is 18.7 Å². The number of aromatic nitrogens is 3.